The molecule has 2 fully saturated rings. The van der Waals surface area contributed by atoms with E-state index in [0.29, 0.717) is 29.5 Å². The van der Waals surface area contributed by atoms with Crippen molar-refractivity contribution >= 4 is 34.8 Å². The number of benzene rings is 2. The van der Waals surface area contributed by atoms with E-state index in [0.717, 1.165) is 44.5 Å². The highest BCUT2D eigenvalue weighted by Crippen LogP contribution is 2.35. The number of carbonyl (C=O) groups excluding carboxylic acids is 2. The van der Waals surface area contributed by atoms with E-state index in [9.17, 15) is 9.59 Å². The number of hydrogen-bond donors (Lipinski definition) is 1. The highest BCUT2D eigenvalue weighted by molar-refractivity contribution is 6.34. The fourth-order valence-corrected chi connectivity index (χ4v) is 5.22. The van der Waals surface area contributed by atoms with Crippen molar-refractivity contribution in [3.8, 4) is 0 Å². The molecule has 1 aliphatic heterocycles. The molecular weight excluding hydrogens is 478 g/mol. The number of nitrogens with one attached hydrogen (secondary N) is 1. The summed E-state index contributed by atoms with van der Waals surface area (Å²) in [6, 6.07) is 17.3. The molecule has 0 unspecified atom stereocenters. The molecule has 2 heterocycles. The van der Waals surface area contributed by atoms with Crippen LogP contribution in [0.15, 0.2) is 71.3 Å². The van der Waals surface area contributed by atoms with Gasteiger partial charge in [0.25, 0.3) is 5.91 Å². The molecule has 8 heteroatoms. The number of amides is 2. The Bertz CT molecular complexity index is 1170. The fourth-order valence-electron chi connectivity index (χ4n) is 4.99. The lowest BCUT2D eigenvalue weighted by atomic mass is 10.0. The van der Waals surface area contributed by atoms with Crippen molar-refractivity contribution in [2.24, 2.45) is 0 Å². The van der Waals surface area contributed by atoms with Crippen LogP contribution in [0.25, 0.3) is 0 Å². The van der Waals surface area contributed by atoms with Crippen LogP contribution in [0.1, 0.15) is 47.8 Å². The maximum Gasteiger partial charge on any atom is 0.295 e. The second-order valence-electron chi connectivity index (χ2n) is 9.19. The zero-order valence-electron chi connectivity index (χ0n) is 20.1. The van der Waals surface area contributed by atoms with Gasteiger partial charge in [-0.3, -0.25) is 14.5 Å². The number of nitrogens with zero attached hydrogens (tertiary/aromatic N) is 2. The largest absolute Gasteiger partial charge is 0.459 e. The summed E-state index contributed by atoms with van der Waals surface area (Å²) in [4.78, 5) is 31.4. The molecule has 188 valence electrons. The van der Waals surface area contributed by atoms with E-state index >= 15 is 0 Å². The zero-order valence-corrected chi connectivity index (χ0v) is 20.8. The SMILES string of the molecule is O=C(NC1CCCC1)[C@@H](c1ccc(N2CCOCC2)cc1)N(C(=O)c1ccco1)c1ccccc1Cl. The number of ether oxygens (including phenoxy) is 1. The first-order valence-electron chi connectivity index (χ1n) is 12.5. The molecule has 1 saturated heterocycles. The van der Waals surface area contributed by atoms with Crippen molar-refractivity contribution < 1.29 is 18.7 Å². The molecule has 0 bridgehead atoms. The van der Waals surface area contributed by atoms with E-state index in [2.05, 4.69) is 10.2 Å². The zero-order chi connectivity index (χ0) is 24.9. The molecule has 5 rings (SSSR count). The Morgan fingerprint density at radius 1 is 0.972 bits per heavy atom. The summed E-state index contributed by atoms with van der Waals surface area (Å²) in [6.07, 6.45) is 5.49. The first-order chi connectivity index (χ1) is 17.6. The Morgan fingerprint density at radius 3 is 2.36 bits per heavy atom. The molecule has 0 spiro atoms. The Labute approximate surface area is 216 Å². The van der Waals surface area contributed by atoms with Crippen LogP contribution >= 0.6 is 11.6 Å². The van der Waals surface area contributed by atoms with E-state index in [1.165, 1.54) is 11.2 Å². The van der Waals surface area contributed by atoms with E-state index < -0.39 is 11.9 Å². The van der Waals surface area contributed by atoms with Crippen molar-refractivity contribution in [2.75, 3.05) is 36.1 Å². The second-order valence-corrected chi connectivity index (χ2v) is 9.59. The lowest BCUT2D eigenvalue weighted by molar-refractivity contribution is -0.123. The van der Waals surface area contributed by atoms with Gasteiger partial charge in [-0.15, -0.1) is 0 Å². The summed E-state index contributed by atoms with van der Waals surface area (Å²) in [5.41, 5.74) is 2.20. The van der Waals surface area contributed by atoms with Crippen molar-refractivity contribution in [1.29, 1.82) is 0 Å². The number of furan rings is 1. The minimum Gasteiger partial charge on any atom is -0.459 e. The van der Waals surface area contributed by atoms with Crippen LogP contribution in [0.2, 0.25) is 5.02 Å². The lowest BCUT2D eigenvalue weighted by Gasteiger charge is -2.33. The molecule has 2 amide bonds. The molecule has 0 radical (unpaired) electrons. The molecule has 2 aliphatic rings. The predicted octanol–water partition coefficient (Wildman–Crippen LogP) is 5.22. The monoisotopic (exact) mass is 507 g/mol. The summed E-state index contributed by atoms with van der Waals surface area (Å²) in [5, 5.41) is 3.57. The summed E-state index contributed by atoms with van der Waals surface area (Å²) in [7, 11) is 0. The minimum atomic E-state index is -0.929. The van der Waals surface area contributed by atoms with Crippen molar-refractivity contribution in [3.63, 3.8) is 0 Å². The Kier molecular flexibility index (Phi) is 7.58. The van der Waals surface area contributed by atoms with Crippen LogP contribution in [-0.4, -0.2) is 44.2 Å². The molecule has 2 aromatic carbocycles. The predicted molar refractivity (Wildman–Crippen MR) is 140 cm³/mol. The Hall–Kier alpha value is -3.29. The van der Waals surface area contributed by atoms with Gasteiger partial charge in [0, 0.05) is 24.8 Å². The van der Waals surface area contributed by atoms with Crippen LogP contribution in [-0.2, 0) is 9.53 Å². The lowest BCUT2D eigenvalue weighted by Crippen LogP contribution is -2.46. The van der Waals surface area contributed by atoms with Gasteiger partial charge in [0.15, 0.2) is 5.76 Å². The Morgan fingerprint density at radius 2 is 1.69 bits per heavy atom. The van der Waals surface area contributed by atoms with E-state index in [1.807, 2.05) is 24.3 Å². The first kappa shape index (κ1) is 24.4. The molecule has 1 N–H and O–H groups in total. The average molecular weight is 508 g/mol. The van der Waals surface area contributed by atoms with Gasteiger partial charge in [-0.05, 0) is 54.8 Å². The third-order valence-electron chi connectivity index (χ3n) is 6.86. The maximum absolute atomic E-state index is 13.9. The molecule has 1 atom stereocenters. The van der Waals surface area contributed by atoms with E-state index in [1.54, 1.807) is 36.4 Å². The van der Waals surface area contributed by atoms with Gasteiger partial charge in [0.05, 0.1) is 30.2 Å². The second kappa shape index (κ2) is 11.2. The maximum atomic E-state index is 13.9. The van der Waals surface area contributed by atoms with Crippen molar-refractivity contribution in [2.45, 2.75) is 37.8 Å². The molecular formula is C28H30ClN3O4. The normalized spacial score (nSPS) is 17.1. The average Bonchev–Trinajstić information content (AvgIpc) is 3.63. The highest BCUT2D eigenvalue weighted by Gasteiger charge is 2.36. The fraction of sp³-hybridized carbons (Fsp3) is 0.357. The van der Waals surface area contributed by atoms with Gasteiger partial charge in [0.2, 0.25) is 5.91 Å². The summed E-state index contributed by atoms with van der Waals surface area (Å²) in [6.45, 7) is 3.00. The van der Waals surface area contributed by atoms with Crippen molar-refractivity contribution in [3.05, 3.63) is 83.3 Å². The molecule has 7 nitrogen and oxygen atoms in total. The molecule has 1 aliphatic carbocycles. The number of carbonyl (C=O) groups is 2. The van der Waals surface area contributed by atoms with Crippen molar-refractivity contribution in [1.82, 2.24) is 5.32 Å². The number of halogens is 1. The van der Waals surface area contributed by atoms with Crippen LogP contribution in [0, 0.1) is 0 Å². The molecule has 3 aromatic rings. The van der Waals surface area contributed by atoms with Crippen LogP contribution in [0.3, 0.4) is 0 Å². The quantitative estimate of drug-likeness (QED) is 0.474. The number of para-hydroxylation sites is 1. The number of hydrogen-bond acceptors (Lipinski definition) is 5. The molecule has 1 aromatic heterocycles. The van der Waals surface area contributed by atoms with Gasteiger partial charge < -0.3 is 19.4 Å². The molecule has 1 saturated carbocycles. The van der Waals surface area contributed by atoms with Crippen LogP contribution in [0.5, 0.6) is 0 Å². The topological polar surface area (TPSA) is 75.0 Å². The minimum absolute atomic E-state index is 0.0967. The smallest absolute Gasteiger partial charge is 0.295 e. The molecule has 36 heavy (non-hydrogen) atoms. The van der Waals surface area contributed by atoms with Gasteiger partial charge in [0.1, 0.15) is 6.04 Å². The third-order valence-corrected chi connectivity index (χ3v) is 7.18. The summed E-state index contributed by atoms with van der Waals surface area (Å²) < 4.78 is 10.9. The summed E-state index contributed by atoms with van der Waals surface area (Å²) in [5.74, 6) is -0.531. The Balaban J connectivity index is 1.56. The van der Waals surface area contributed by atoms with E-state index in [4.69, 9.17) is 20.8 Å². The van der Waals surface area contributed by atoms with Crippen LogP contribution in [0.4, 0.5) is 11.4 Å². The van der Waals surface area contributed by atoms with Crippen LogP contribution < -0.4 is 15.1 Å². The number of rotatable bonds is 7. The van der Waals surface area contributed by atoms with Gasteiger partial charge in [-0.1, -0.05) is 48.7 Å². The first-order valence-corrected chi connectivity index (χ1v) is 12.8. The summed E-state index contributed by atoms with van der Waals surface area (Å²) >= 11 is 6.58. The van der Waals surface area contributed by atoms with E-state index in [-0.39, 0.29) is 17.7 Å². The number of anilines is 2. The number of morpholine rings is 1. The highest BCUT2D eigenvalue weighted by atomic mass is 35.5. The standard InChI is InChI=1S/C28H30ClN3O4/c29-23-8-3-4-9-24(23)32(28(34)25-10-5-17-36-25)26(27(33)30-21-6-1-2-7-21)20-11-13-22(14-12-20)31-15-18-35-19-16-31/h3-5,8-14,17,21,26H,1-2,6-7,15-16,18-19H2,(H,30,33)/t26-/m1/s1. The van der Waals surface area contributed by atoms with Gasteiger partial charge >= 0.3 is 0 Å². The van der Waals surface area contributed by atoms with Gasteiger partial charge in [-0.25, -0.2) is 0 Å². The third kappa shape index (κ3) is 5.27. The van der Waals surface area contributed by atoms with Gasteiger partial charge in [-0.2, -0.15) is 0 Å².